The highest BCUT2D eigenvalue weighted by Crippen LogP contribution is 2.30. The van der Waals surface area contributed by atoms with Gasteiger partial charge in [0.25, 0.3) is 0 Å². The molecule has 0 bridgehead atoms. The van der Waals surface area contributed by atoms with E-state index in [2.05, 4.69) is 35.0 Å². The van der Waals surface area contributed by atoms with Gasteiger partial charge < -0.3 is 4.90 Å². The fourth-order valence-corrected chi connectivity index (χ4v) is 3.24. The van der Waals surface area contributed by atoms with Gasteiger partial charge in [0.15, 0.2) is 0 Å². The summed E-state index contributed by atoms with van der Waals surface area (Å²) in [6, 6.07) is 0. The summed E-state index contributed by atoms with van der Waals surface area (Å²) in [6.45, 7) is 8.64. The molecule has 1 unspecified atom stereocenters. The number of alkyl halides is 1. The molecule has 0 N–H and O–H groups in total. The van der Waals surface area contributed by atoms with Crippen molar-refractivity contribution in [3.05, 3.63) is 5.82 Å². The summed E-state index contributed by atoms with van der Waals surface area (Å²) in [4.78, 5) is 7.01. The molecule has 0 radical (unpaired) electrons. The molecule has 5 heteroatoms. The minimum absolute atomic E-state index is 0.0456. The highest BCUT2D eigenvalue weighted by molar-refractivity contribution is 7.09. The number of rotatable bonds is 3. The molecule has 0 amide bonds. The molecule has 1 atom stereocenters. The fraction of sp³-hybridized carbons (Fsp3) is 0.833. The van der Waals surface area contributed by atoms with E-state index in [0.717, 1.165) is 42.3 Å². The van der Waals surface area contributed by atoms with E-state index in [9.17, 15) is 0 Å². The molecule has 2 rings (SSSR count). The average Bonchev–Trinajstić information content (AvgIpc) is 2.82. The van der Waals surface area contributed by atoms with E-state index in [4.69, 9.17) is 11.6 Å². The van der Waals surface area contributed by atoms with Crippen LogP contribution in [0.3, 0.4) is 0 Å². The van der Waals surface area contributed by atoms with Crippen LogP contribution in [0.5, 0.6) is 0 Å². The zero-order chi connectivity index (χ0) is 12.5. The molecule has 1 fully saturated rings. The molecule has 1 aromatic heterocycles. The van der Waals surface area contributed by atoms with Crippen LogP contribution in [-0.4, -0.2) is 28.3 Å². The van der Waals surface area contributed by atoms with Gasteiger partial charge in [-0.25, -0.2) is 4.98 Å². The molecular formula is C12H20ClN3S. The predicted octanol–water partition coefficient (Wildman–Crippen LogP) is 3.29. The second-order valence-corrected chi connectivity index (χ2v) is 6.84. The molecule has 96 valence electrons. The Balaban J connectivity index is 2.02. The number of hydrogen-bond acceptors (Lipinski definition) is 4. The highest BCUT2D eigenvalue weighted by Gasteiger charge is 2.26. The van der Waals surface area contributed by atoms with E-state index >= 15 is 0 Å². The maximum atomic E-state index is 5.80. The normalized spacial score (nSPS) is 21.2. The molecule has 2 heterocycles. The Bertz CT molecular complexity index is 372. The van der Waals surface area contributed by atoms with Crippen molar-refractivity contribution in [1.82, 2.24) is 9.36 Å². The molecule has 1 aliphatic rings. The van der Waals surface area contributed by atoms with Crippen LogP contribution >= 0.6 is 23.1 Å². The number of aromatic nitrogens is 2. The second kappa shape index (κ2) is 5.11. The van der Waals surface area contributed by atoms with E-state index in [0.29, 0.717) is 0 Å². The van der Waals surface area contributed by atoms with Crippen molar-refractivity contribution in [2.75, 3.05) is 23.9 Å². The Morgan fingerprint density at radius 3 is 2.82 bits per heavy atom. The highest BCUT2D eigenvalue weighted by atomic mass is 35.5. The number of halogens is 1. The summed E-state index contributed by atoms with van der Waals surface area (Å²) in [6.07, 6.45) is 2.35. The van der Waals surface area contributed by atoms with Crippen molar-refractivity contribution < 1.29 is 0 Å². The zero-order valence-electron chi connectivity index (χ0n) is 10.7. The van der Waals surface area contributed by atoms with Gasteiger partial charge in [-0.3, -0.25) is 0 Å². The molecule has 3 nitrogen and oxygen atoms in total. The minimum Gasteiger partial charge on any atom is -0.347 e. The Morgan fingerprint density at radius 2 is 2.24 bits per heavy atom. The Labute approximate surface area is 112 Å². The van der Waals surface area contributed by atoms with E-state index in [1.807, 2.05) is 0 Å². The lowest BCUT2D eigenvalue weighted by atomic mass is 9.96. The predicted molar refractivity (Wildman–Crippen MR) is 74.3 cm³/mol. The average molecular weight is 274 g/mol. The van der Waals surface area contributed by atoms with E-state index in [1.54, 1.807) is 0 Å². The van der Waals surface area contributed by atoms with Crippen LogP contribution in [0, 0.1) is 5.92 Å². The Kier molecular flexibility index (Phi) is 3.93. The van der Waals surface area contributed by atoms with Crippen molar-refractivity contribution in [2.24, 2.45) is 5.92 Å². The minimum atomic E-state index is 0.0456. The fourth-order valence-electron chi connectivity index (χ4n) is 2.04. The molecule has 1 aliphatic heterocycles. The van der Waals surface area contributed by atoms with Crippen molar-refractivity contribution in [3.63, 3.8) is 0 Å². The first-order valence-electron chi connectivity index (χ1n) is 6.16. The maximum absolute atomic E-state index is 5.80. The lowest BCUT2D eigenvalue weighted by Gasteiger charge is -2.15. The van der Waals surface area contributed by atoms with E-state index in [1.165, 1.54) is 18.0 Å². The summed E-state index contributed by atoms with van der Waals surface area (Å²) >= 11 is 7.32. The quantitative estimate of drug-likeness (QED) is 0.792. The Morgan fingerprint density at radius 1 is 1.47 bits per heavy atom. The standard InChI is InChI=1S/C12H20ClN3S/c1-12(2,3)10-14-11(17-15-10)16-7-5-9(8-16)4-6-13/h9H,4-8H2,1-3H3. The van der Waals surface area contributed by atoms with Gasteiger partial charge in [-0.15, -0.1) is 11.6 Å². The van der Waals surface area contributed by atoms with Gasteiger partial charge >= 0.3 is 0 Å². The van der Waals surface area contributed by atoms with Crippen LogP contribution in [0.15, 0.2) is 0 Å². The summed E-state index contributed by atoms with van der Waals surface area (Å²) in [5.41, 5.74) is 0.0456. The SMILES string of the molecule is CC(C)(C)c1nsc(N2CCC(CCCl)C2)n1. The van der Waals surface area contributed by atoms with Crippen molar-refractivity contribution in [2.45, 2.75) is 39.0 Å². The number of nitrogens with zero attached hydrogens (tertiary/aromatic N) is 3. The van der Waals surface area contributed by atoms with Gasteiger partial charge in [0, 0.05) is 35.9 Å². The molecule has 0 saturated carbocycles. The van der Waals surface area contributed by atoms with E-state index in [-0.39, 0.29) is 5.41 Å². The lowest BCUT2D eigenvalue weighted by Crippen LogP contribution is -2.20. The van der Waals surface area contributed by atoms with Crippen molar-refractivity contribution >= 4 is 28.3 Å². The summed E-state index contributed by atoms with van der Waals surface area (Å²) in [5.74, 6) is 2.45. The smallest absolute Gasteiger partial charge is 0.205 e. The molecule has 1 aromatic rings. The summed E-state index contributed by atoms with van der Waals surface area (Å²) in [5, 5.41) is 1.08. The largest absolute Gasteiger partial charge is 0.347 e. The van der Waals surface area contributed by atoms with Crippen LogP contribution in [0.2, 0.25) is 0 Å². The van der Waals surface area contributed by atoms with Crippen LogP contribution in [-0.2, 0) is 5.41 Å². The van der Waals surface area contributed by atoms with Gasteiger partial charge in [0.05, 0.1) is 0 Å². The van der Waals surface area contributed by atoms with Crippen LogP contribution < -0.4 is 4.90 Å². The zero-order valence-corrected chi connectivity index (χ0v) is 12.3. The number of anilines is 1. The maximum Gasteiger partial charge on any atom is 0.205 e. The third-order valence-corrected chi connectivity index (χ3v) is 4.16. The summed E-state index contributed by atoms with van der Waals surface area (Å²) < 4.78 is 4.47. The van der Waals surface area contributed by atoms with Crippen LogP contribution in [0.25, 0.3) is 0 Å². The van der Waals surface area contributed by atoms with Gasteiger partial charge in [-0.05, 0) is 18.8 Å². The molecular weight excluding hydrogens is 254 g/mol. The molecule has 1 saturated heterocycles. The van der Waals surface area contributed by atoms with Crippen molar-refractivity contribution in [3.8, 4) is 0 Å². The van der Waals surface area contributed by atoms with E-state index < -0.39 is 0 Å². The van der Waals surface area contributed by atoms with Gasteiger partial charge in [-0.1, -0.05) is 20.8 Å². The first-order valence-corrected chi connectivity index (χ1v) is 7.46. The monoisotopic (exact) mass is 273 g/mol. The lowest BCUT2D eigenvalue weighted by molar-refractivity contribution is 0.553. The second-order valence-electron chi connectivity index (χ2n) is 5.73. The topological polar surface area (TPSA) is 29.0 Å². The van der Waals surface area contributed by atoms with Gasteiger partial charge in [0.2, 0.25) is 5.13 Å². The molecule has 0 aliphatic carbocycles. The Hall–Kier alpha value is -0.350. The van der Waals surface area contributed by atoms with Gasteiger partial charge in [0.1, 0.15) is 5.82 Å². The first kappa shape index (κ1) is 13.1. The molecule has 0 aromatic carbocycles. The first-order chi connectivity index (χ1) is 8.00. The molecule has 0 spiro atoms. The van der Waals surface area contributed by atoms with Crippen molar-refractivity contribution in [1.29, 1.82) is 0 Å². The third-order valence-electron chi connectivity index (χ3n) is 3.16. The summed E-state index contributed by atoms with van der Waals surface area (Å²) in [7, 11) is 0. The van der Waals surface area contributed by atoms with Gasteiger partial charge in [-0.2, -0.15) is 4.37 Å². The van der Waals surface area contributed by atoms with Crippen LogP contribution in [0.1, 0.15) is 39.4 Å². The van der Waals surface area contributed by atoms with Crippen LogP contribution in [0.4, 0.5) is 5.13 Å². The molecule has 17 heavy (non-hydrogen) atoms. The third kappa shape index (κ3) is 3.10. The number of hydrogen-bond donors (Lipinski definition) is 0.